The second-order valence-electron chi connectivity index (χ2n) is 5.80. The van der Waals surface area contributed by atoms with Crippen molar-refractivity contribution in [1.82, 2.24) is 0 Å². The van der Waals surface area contributed by atoms with Gasteiger partial charge in [-0.2, -0.15) is 0 Å². The topological polar surface area (TPSA) is 26.0 Å². The molecule has 0 aliphatic heterocycles. The van der Waals surface area contributed by atoms with Crippen molar-refractivity contribution < 1.29 is 8.78 Å². The maximum Gasteiger partial charge on any atom is 0.129 e. The minimum absolute atomic E-state index is 0.00514. The standard InChI is InChI=1S/C15H21F2N/c1-11-4-6-15(10-18,7-5-11)9-12-2-3-13(16)8-14(12)17/h2-3,8,11H,4-7,9-10,18H2,1H3. The van der Waals surface area contributed by atoms with Crippen LogP contribution in [0.25, 0.3) is 0 Å². The SMILES string of the molecule is CC1CCC(CN)(Cc2ccc(F)cc2F)CC1. The summed E-state index contributed by atoms with van der Waals surface area (Å²) >= 11 is 0. The zero-order valence-corrected chi connectivity index (χ0v) is 10.9. The molecule has 0 aromatic heterocycles. The predicted molar refractivity (Wildman–Crippen MR) is 69.2 cm³/mol. The first-order chi connectivity index (χ1) is 8.54. The molecule has 1 aromatic rings. The molecule has 0 unspecified atom stereocenters. The zero-order valence-electron chi connectivity index (χ0n) is 10.9. The maximum absolute atomic E-state index is 13.7. The van der Waals surface area contributed by atoms with Crippen LogP contribution in [0, 0.1) is 23.0 Å². The van der Waals surface area contributed by atoms with E-state index in [1.807, 2.05) is 0 Å². The Morgan fingerprint density at radius 3 is 2.50 bits per heavy atom. The summed E-state index contributed by atoms with van der Waals surface area (Å²) in [6.07, 6.45) is 5.02. The number of hydrogen-bond donors (Lipinski definition) is 1. The lowest BCUT2D eigenvalue weighted by Crippen LogP contribution is -2.36. The van der Waals surface area contributed by atoms with Gasteiger partial charge in [0.05, 0.1) is 0 Å². The van der Waals surface area contributed by atoms with Crippen LogP contribution in [0.15, 0.2) is 18.2 Å². The lowest BCUT2D eigenvalue weighted by molar-refractivity contribution is 0.162. The largest absolute Gasteiger partial charge is 0.330 e. The first-order valence-electron chi connectivity index (χ1n) is 6.69. The van der Waals surface area contributed by atoms with Crippen LogP contribution in [-0.2, 0) is 6.42 Å². The van der Waals surface area contributed by atoms with Gasteiger partial charge in [0.1, 0.15) is 11.6 Å². The minimum atomic E-state index is -0.518. The molecule has 3 heteroatoms. The molecule has 18 heavy (non-hydrogen) atoms. The van der Waals surface area contributed by atoms with E-state index in [1.165, 1.54) is 6.07 Å². The molecule has 1 fully saturated rings. The number of halogens is 2. The molecule has 1 aliphatic rings. The van der Waals surface area contributed by atoms with Crippen LogP contribution >= 0.6 is 0 Å². The van der Waals surface area contributed by atoms with Gasteiger partial charge in [-0.3, -0.25) is 0 Å². The molecule has 0 spiro atoms. The van der Waals surface area contributed by atoms with Gasteiger partial charge in [0.25, 0.3) is 0 Å². The predicted octanol–water partition coefficient (Wildman–Crippen LogP) is 3.66. The van der Waals surface area contributed by atoms with E-state index in [0.29, 0.717) is 18.5 Å². The van der Waals surface area contributed by atoms with Crippen LogP contribution in [-0.4, -0.2) is 6.54 Å². The summed E-state index contributed by atoms with van der Waals surface area (Å²) in [4.78, 5) is 0. The Morgan fingerprint density at radius 1 is 1.28 bits per heavy atom. The molecule has 1 nitrogen and oxygen atoms in total. The Hall–Kier alpha value is -0.960. The van der Waals surface area contributed by atoms with Crippen LogP contribution in [0.4, 0.5) is 8.78 Å². The highest BCUT2D eigenvalue weighted by molar-refractivity contribution is 5.20. The fraction of sp³-hybridized carbons (Fsp3) is 0.600. The lowest BCUT2D eigenvalue weighted by Gasteiger charge is -2.39. The van der Waals surface area contributed by atoms with E-state index in [1.54, 1.807) is 6.07 Å². The summed E-state index contributed by atoms with van der Waals surface area (Å²) < 4.78 is 26.6. The third kappa shape index (κ3) is 2.89. The van der Waals surface area contributed by atoms with Crippen LogP contribution in [0.1, 0.15) is 38.2 Å². The molecule has 0 radical (unpaired) electrons. The summed E-state index contributed by atoms with van der Waals surface area (Å²) in [6, 6.07) is 3.85. The summed E-state index contributed by atoms with van der Waals surface area (Å²) in [5.41, 5.74) is 6.51. The molecule has 1 saturated carbocycles. The highest BCUT2D eigenvalue weighted by Crippen LogP contribution is 2.40. The van der Waals surface area contributed by atoms with Crippen molar-refractivity contribution >= 4 is 0 Å². The van der Waals surface area contributed by atoms with Gasteiger partial charge in [-0.05, 0) is 48.8 Å². The summed E-state index contributed by atoms with van der Waals surface area (Å²) in [5.74, 6) is -0.223. The molecular weight excluding hydrogens is 232 g/mol. The van der Waals surface area contributed by atoms with Crippen LogP contribution in [0.5, 0.6) is 0 Å². The molecule has 0 amide bonds. The first kappa shape index (κ1) is 13.5. The molecule has 100 valence electrons. The number of hydrogen-bond acceptors (Lipinski definition) is 1. The van der Waals surface area contributed by atoms with Gasteiger partial charge in [0.15, 0.2) is 0 Å². The minimum Gasteiger partial charge on any atom is -0.330 e. The smallest absolute Gasteiger partial charge is 0.129 e. The summed E-state index contributed by atoms with van der Waals surface area (Å²) in [6.45, 7) is 2.83. The fourth-order valence-electron chi connectivity index (χ4n) is 2.90. The number of rotatable bonds is 3. The van der Waals surface area contributed by atoms with Crippen molar-refractivity contribution in [1.29, 1.82) is 0 Å². The first-order valence-corrected chi connectivity index (χ1v) is 6.69. The van der Waals surface area contributed by atoms with Gasteiger partial charge in [0, 0.05) is 6.07 Å². The Morgan fingerprint density at radius 2 is 1.94 bits per heavy atom. The van der Waals surface area contributed by atoms with Crippen molar-refractivity contribution in [2.75, 3.05) is 6.54 Å². The molecule has 0 bridgehead atoms. The van der Waals surface area contributed by atoms with Crippen molar-refractivity contribution in [3.05, 3.63) is 35.4 Å². The van der Waals surface area contributed by atoms with E-state index < -0.39 is 11.6 Å². The van der Waals surface area contributed by atoms with Crippen molar-refractivity contribution in [2.24, 2.45) is 17.1 Å². The van der Waals surface area contributed by atoms with E-state index in [2.05, 4.69) is 6.92 Å². The summed E-state index contributed by atoms with van der Waals surface area (Å²) in [7, 11) is 0. The van der Waals surface area contributed by atoms with Crippen molar-refractivity contribution in [3.8, 4) is 0 Å². The molecule has 0 saturated heterocycles. The molecule has 2 N–H and O–H groups in total. The van der Waals surface area contributed by atoms with Crippen molar-refractivity contribution in [2.45, 2.75) is 39.0 Å². The fourth-order valence-corrected chi connectivity index (χ4v) is 2.90. The second kappa shape index (κ2) is 5.35. The number of benzene rings is 1. The van der Waals surface area contributed by atoms with Crippen molar-refractivity contribution in [3.63, 3.8) is 0 Å². The zero-order chi connectivity index (χ0) is 13.2. The molecule has 2 rings (SSSR count). The maximum atomic E-state index is 13.7. The molecule has 1 aliphatic carbocycles. The number of nitrogens with two attached hydrogens (primary N) is 1. The highest BCUT2D eigenvalue weighted by Gasteiger charge is 2.33. The van der Waals surface area contributed by atoms with Gasteiger partial charge >= 0.3 is 0 Å². The van der Waals surface area contributed by atoms with Crippen LogP contribution < -0.4 is 5.73 Å². The normalized spacial score (nSPS) is 28.3. The Bertz CT molecular complexity index is 409. The van der Waals surface area contributed by atoms with E-state index in [-0.39, 0.29) is 5.41 Å². The van der Waals surface area contributed by atoms with Crippen LogP contribution in [0.2, 0.25) is 0 Å². The Balaban J connectivity index is 2.15. The average Bonchev–Trinajstić information content (AvgIpc) is 2.36. The monoisotopic (exact) mass is 253 g/mol. The Labute approximate surface area is 107 Å². The Kier molecular flexibility index (Phi) is 4.00. The third-order valence-corrected chi connectivity index (χ3v) is 4.35. The third-order valence-electron chi connectivity index (χ3n) is 4.35. The van der Waals surface area contributed by atoms with Gasteiger partial charge in [-0.1, -0.05) is 25.8 Å². The van der Waals surface area contributed by atoms with E-state index >= 15 is 0 Å². The van der Waals surface area contributed by atoms with Crippen LogP contribution in [0.3, 0.4) is 0 Å². The molecule has 1 aromatic carbocycles. The van der Waals surface area contributed by atoms with Gasteiger partial charge in [0.2, 0.25) is 0 Å². The molecular formula is C15H21F2N. The molecule has 0 atom stereocenters. The lowest BCUT2D eigenvalue weighted by atomic mass is 9.68. The van der Waals surface area contributed by atoms with E-state index in [9.17, 15) is 8.78 Å². The van der Waals surface area contributed by atoms with Gasteiger partial charge < -0.3 is 5.73 Å². The second-order valence-corrected chi connectivity index (χ2v) is 5.80. The van der Waals surface area contributed by atoms with E-state index in [4.69, 9.17) is 5.73 Å². The highest BCUT2D eigenvalue weighted by atomic mass is 19.1. The van der Waals surface area contributed by atoms with Gasteiger partial charge in [-0.25, -0.2) is 8.78 Å². The van der Waals surface area contributed by atoms with E-state index in [0.717, 1.165) is 37.7 Å². The molecule has 0 heterocycles. The van der Waals surface area contributed by atoms with Gasteiger partial charge in [-0.15, -0.1) is 0 Å². The quantitative estimate of drug-likeness (QED) is 0.874. The summed E-state index contributed by atoms with van der Waals surface area (Å²) in [5, 5.41) is 0. The average molecular weight is 253 g/mol.